The summed E-state index contributed by atoms with van der Waals surface area (Å²) in [5.74, 6) is 3.90. The van der Waals surface area contributed by atoms with Crippen LogP contribution in [0.2, 0.25) is 0 Å². The Labute approximate surface area is 205 Å². The van der Waals surface area contributed by atoms with Gasteiger partial charge in [-0.15, -0.1) is 0 Å². The van der Waals surface area contributed by atoms with Crippen molar-refractivity contribution in [2.75, 3.05) is 33.9 Å². The summed E-state index contributed by atoms with van der Waals surface area (Å²) >= 11 is 0. The molecule has 2 aliphatic heterocycles. The van der Waals surface area contributed by atoms with Crippen molar-refractivity contribution in [2.24, 2.45) is 4.99 Å². The lowest BCUT2D eigenvalue weighted by Crippen LogP contribution is -2.55. The first kappa shape index (κ1) is 22.8. The third-order valence-electron chi connectivity index (χ3n) is 6.48. The molecular formula is C28H29N3O4. The summed E-state index contributed by atoms with van der Waals surface area (Å²) in [5.41, 5.74) is 2.61. The van der Waals surface area contributed by atoms with Crippen LogP contribution in [0.4, 0.5) is 5.69 Å². The maximum absolute atomic E-state index is 13.2. The monoisotopic (exact) mass is 471 g/mol. The Balaban J connectivity index is 1.39. The third-order valence-corrected chi connectivity index (χ3v) is 6.48. The molecular weight excluding hydrogens is 442 g/mol. The molecule has 1 amide bonds. The van der Waals surface area contributed by atoms with Gasteiger partial charge in [0.1, 0.15) is 28.8 Å². The van der Waals surface area contributed by atoms with Crippen LogP contribution in [0, 0.1) is 0 Å². The molecule has 1 saturated heterocycles. The Hall–Kier alpha value is -4.00. The van der Waals surface area contributed by atoms with Crippen molar-refractivity contribution < 1.29 is 19.0 Å². The lowest BCUT2D eigenvalue weighted by Gasteiger charge is -2.41. The average Bonchev–Trinajstić information content (AvgIpc) is 3.05. The second-order valence-electron chi connectivity index (χ2n) is 8.78. The number of aliphatic imine (C=N–C) groups is 1. The molecule has 7 nitrogen and oxygen atoms in total. The zero-order valence-corrected chi connectivity index (χ0v) is 20.2. The van der Waals surface area contributed by atoms with Gasteiger partial charge in [-0.25, -0.2) is 4.99 Å². The molecule has 7 heteroatoms. The minimum atomic E-state index is 0.0260. The van der Waals surface area contributed by atoms with Crippen LogP contribution in [-0.4, -0.2) is 61.4 Å². The molecule has 0 bridgehead atoms. The number of carbonyl (C=O) groups is 1. The predicted molar refractivity (Wildman–Crippen MR) is 135 cm³/mol. The summed E-state index contributed by atoms with van der Waals surface area (Å²) < 4.78 is 17.0. The van der Waals surface area contributed by atoms with E-state index in [1.807, 2.05) is 71.6 Å². The molecule has 180 valence electrons. The summed E-state index contributed by atoms with van der Waals surface area (Å²) in [6, 6.07) is 21.3. The number of nitrogens with zero attached hydrogens (tertiary/aromatic N) is 3. The van der Waals surface area contributed by atoms with Crippen molar-refractivity contribution in [3.8, 4) is 23.0 Å². The van der Waals surface area contributed by atoms with Gasteiger partial charge in [-0.1, -0.05) is 24.3 Å². The van der Waals surface area contributed by atoms with E-state index < -0.39 is 0 Å². The number of benzene rings is 3. The maximum atomic E-state index is 13.2. The van der Waals surface area contributed by atoms with Gasteiger partial charge in [0.2, 0.25) is 5.91 Å². The minimum absolute atomic E-state index is 0.0260. The fourth-order valence-electron chi connectivity index (χ4n) is 4.65. The maximum Gasteiger partial charge on any atom is 0.227 e. The van der Waals surface area contributed by atoms with Crippen molar-refractivity contribution in [3.63, 3.8) is 0 Å². The van der Waals surface area contributed by atoms with Crippen molar-refractivity contribution in [3.05, 3.63) is 77.9 Å². The first-order valence-corrected chi connectivity index (χ1v) is 11.8. The van der Waals surface area contributed by atoms with Crippen LogP contribution in [0.15, 0.2) is 71.7 Å². The smallest absolute Gasteiger partial charge is 0.227 e. The number of carbonyl (C=O) groups excluding carboxylic acids is 1. The highest BCUT2D eigenvalue weighted by Crippen LogP contribution is 2.39. The first-order chi connectivity index (χ1) is 17.1. The number of para-hydroxylation sites is 2. The number of hydrogen-bond donors (Lipinski definition) is 0. The Morgan fingerprint density at radius 2 is 1.77 bits per heavy atom. The summed E-state index contributed by atoms with van der Waals surface area (Å²) in [6.45, 7) is 4.04. The summed E-state index contributed by atoms with van der Waals surface area (Å²) in [5, 5.41) is 0. The molecule has 5 rings (SSSR count). The second kappa shape index (κ2) is 9.70. The second-order valence-corrected chi connectivity index (χ2v) is 8.78. The number of hydrogen-bond acceptors (Lipinski definition) is 6. The van der Waals surface area contributed by atoms with Crippen molar-refractivity contribution in [1.29, 1.82) is 0 Å². The van der Waals surface area contributed by atoms with E-state index in [0.29, 0.717) is 31.8 Å². The average molecular weight is 472 g/mol. The third kappa shape index (κ3) is 4.67. The van der Waals surface area contributed by atoms with Crippen LogP contribution in [0.5, 0.6) is 23.0 Å². The van der Waals surface area contributed by atoms with E-state index in [1.54, 1.807) is 14.2 Å². The van der Waals surface area contributed by atoms with E-state index in [4.69, 9.17) is 19.2 Å². The van der Waals surface area contributed by atoms with Crippen molar-refractivity contribution >= 4 is 17.4 Å². The minimum Gasteiger partial charge on any atom is -0.497 e. The first-order valence-electron chi connectivity index (χ1n) is 11.8. The number of fused-ring (bicyclic) bond motifs is 2. The molecule has 0 spiro atoms. The van der Waals surface area contributed by atoms with E-state index in [2.05, 4.69) is 11.8 Å². The van der Waals surface area contributed by atoms with Crippen LogP contribution in [0.3, 0.4) is 0 Å². The van der Waals surface area contributed by atoms with Gasteiger partial charge >= 0.3 is 0 Å². The van der Waals surface area contributed by atoms with Gasteiger partial charge in [-0.05, 0) is 55.0 Å². The predicted octanol–water partition coefficient (Wildman–Crippen LogP) is 4.66. The van der Waals surface area contributed by atoms with E-state index in [-0.39, 0.29) is 11.9 Å². The Morgan fingerprint density at radius 1 is 0.971 bits per heavy atom. The molecule has 0 radical (unpaired) electrons. The van der Waals surface area contributed by atoms with Crippen LogP contribution >= 0.6 is 0 Å². The van der Waals surface area contributed by atoms with Crippen LogP contribution in [0.1, 0.15) is 18.1 Å². The van der Waals surface area contributed by atoms with Crippen LogP contribution < -0.4 is 14.2 Å². The molecule has 2 aliphatic rings. The molecule has 3 aromatic rings. The molecule has 0 N–H and O–H groups in total. The van der Waals surface area contributed by atoms with Gasteiger partial charge in [0, 0.05) is 25.7 Å². The molecule has 0 aliphatic carbocycles. The Kier molecular flexibility index (Phi) is 6.31. The molecule has 1 fully saturated rings. The summed E-state index contributed by atoms with van der Waals surface area (Å²) in [4.78, 5) is 22.4. The van der Waals surface area contributed by atoms with Gasteiger partial charge in [-0.2, -0.15) is 0 Å². The SMILES string of the molecule is COc1cccc(CC(=O)N2CCN(C3=Nc4ccccc4Oc4ccc(OC)cc43)CC2C)c1. The standard InChI is InChI=1S/C28H29N3O4/c1-19-18-30(13-14-31(19)27(32)16-20-7-6-8-21(15-20)33-2)28-23-17-22(34-3)11-12-25(23)35-26-10-5-4-9-24(26)29-28/h4-12,15,17,19H,13-14,16,18H2,1-3H3. The number of methoxy groups -OCH3 is 2. The fourth-order valence-corrected chi connectivity index (χ4v) is 4.65. The van der Waals surface area contributed by atoms with E-state index >= 15 is 0 Å². The lowest BCUT2D eigenvalue weighted by molar-refractivity contribution is -0.134. The van der Waals surface area contributed by atoms with Crippen molar-refractivity contribution in [2.45, 2.75) is 19.4 Å². The number of amides is 1. The van der Waals surface area contributed by atoms with Gasteiger partial charge in [0.15, 0.2) is 5.75 Å². The number of piperazine rings is 1. The number of amidine groups is 1. The van der Waals surface area contributed by atoms with Gasteiger partial charge in [-0.3, -0.25) is 4.79 Å². The Morgan fingerprint density at radius 3 is 2.57 bits per heavy atom. The zero-order valence-electron chi connectivity index (χ0n) is 20.2. The highest BCUT2D eigenvalue weighted by Gasteiger charge is 2.31. The molecule has 3 aromatic carbocycles. The van der Waals surface area contributed by atoms with Crippen molar-refractivity contribution in [1.82, 2.24) is 9.80 Å². The molecule has 35 heavy (non-hydrogen) atoms. The normalized spacial score (nSPS) is 16.9. The summed E-state index contributed by atoms with van der Waals surface area (Å²) in [7, 11) is 3.29. The molecule has 2 heterocycles. The van der Waals surface area contributed by atoms with Gasteiger partial charge in [0.05, 0.1) is 26.2 Å². The highest BCUT2D eigenvalue weighted by molar-refractivity contribution is 6.04. The highest BCUT2D eigenvalue weighted by atomic mass is 16.5. The largest absolute Gasteiger partial charge is 0.497 e. The van der Waals surface area contributed by atoms with Gasteiger partial charge in [0.25, 0.3) is 0 Å². The summed E-state index contributed by atoms with van der Waals surface area (Å²) in [6.07, 6.45) is 0.351. The quantitative estimate of drug-likeness (QED) is 0.554. The van der Waals surface area contributed by atoms with E-state index in [1.165, 1.54) is 0 Å². The molecule has 1 atom stereocenters. The topological polar surface area (TPSA) is 63.6 Å². The molecule has 0 aromatic heterocycles. The fraction of sp³-hybridized carbons (Fsp3) is 0.286. The number of rotatable bonds is 4. The van der Waals surface area contributed by atoms with Gasteiger partial charge < -0.3 is 24.0 Å². The Bertz CT molecular complexity index is 1270. The lowest BCUT2D eigenvalue weighted by atomic mass is 10.1. The zero-order chi connectivity index (χ0) is 24.4. The van der Waals surface area contributed by atoms with E-state index in [0.717, 1.165) is 39.9 Å². The number of ether oxygens (including phenoxy) is 3. The molecule has 0 saturated carbocycles. The van der Waals surface area contributed by atoms with Crippen LogP contribution in [0.25, 0.3) is 0 Å². The van der Waals surface area contributed by atoms with E-state index in [9.17, 15) is 4.79 Å². The molecule has 1 unspecified atom stereocenters. The van der Waals surface area contributed by atoms with Crippen LogP contribution in [-0.2, 0) is 11.2 Å².